The van der Waals surface area contributed by atoms with Gasteiger partial charge < -0.3 is 14.2 Å². The first-order chi connectivity index (χ1) is 16.8. The van der Waals surface area contributed by atoms with Crippen molar-refractivity contribution in [3.63, 3.8) is 0 Å². The second-order valence-corrected chi connectivity index (χ2v) is 9.11. The van der Waals surface area contributed by atoms with E-state index in [-0.39, 0.29) is 23.3 Å². The Hall–Kier alpha value is -3.15. The quantitative estimate of drug-likeness (QED) is 0.416. The molecular formula is C29H38FN3O2. The van der Waals surface area contributed by atoms with Gasteiger partial charge in [0.05, 0.1) is 36.3 Å². The number of piperidine rings is 1. The van der Waals surface area contributed by atoms with Crippen LogP contribution in [0.25, 0.3) is 5.69 Å². The number of allylic oxidation sites excluding steroid dienone is 3. The third-order valence-corrected chi connectivity index (χ3v) is 7.12. The molecule has 6 heteroatoms. The van der Waals surface area contributed by atoms with Crippen molar-refractivity contribution in [1.82, 2.24) is 14.5 Å². The first-order valence-corrected chi connectivity index (χ1v) is 12.5. The van der Waals surface area contributed by atoms with Crippen molar-refractivity contribution in [2.45, 2.75) is 65.8 Å². The number of rotatable bonds is 7. The van der Waals surface area contributed by atoms with Gasteiger partial charge in [-0.1, -0.05) is 38.6 Å². The molecular weight excluding hydrogens is 441 g/mol. The molecule has 35 heavy (non-hydrogen) atoms. The Morgan fingerprint density at radius 3 is 2.69 bits per heavy atom. The van der Waals surface area contributed by atoms with Gasteiger partial charge in [-0.15, -0.1) is 0 Å². The van der Waals surface area contributed by atoms with Gasteiger partial charge in [0.25, 0.3) is 0 Å². The van der Waals surface area contributed by atoms with Gasteiger partial charge in [0, 0.05) is 12.7 Å². The number of aromatic nitrogens is 2. The van der Waals surface area contributed by atoms with Crippen LogP contribution in [0, 0.1) is 12.3 Å². The molecule has 5 nitrogen and oxygen atoms in total. The number of halogens is 1. The smallest absolute Gasteiger partial charge is 0.229 e. The topological polar surface area (TPSA) is 47.4 Å². The number of amides is 1. The maximum atomic E-state index is 13.7. The van der Waals surface area contributed by atoms with E-state index in [2.05, 4.69) is 23.7 Å². The third kappa shape index (κ3) is 5.26. The number of aryl methyl sites for hydroxylation is 1. The van der Waals surface area contributed by atoms with Crippen LogP contribution in [0.2, 0.25) is 0 Å². The van der Waals surface area contributed by atoms with Crippen molar-refractivity contribution in [2.75, 3.05) is 13.7 Å². The molecule has 2 heterocycles. The number of nitrogens with zero attached hydrogens (tertiary/aromatic N) is 3. The van der Waals surface area contributed by atoms with Gasteiger partial charge in [-0.25, -0.2) is 9.37 Å². The van der Waals surface area contributed by atoms with Gasteiger partial charge >= 0.3 is 0 Å². The zero-order valence-corrected chi connectivity index (χ0v) is 21.8. The Kier molecular flexibility index (Phi) is 8.36. The average molecular weight is 480 g/mol. The molecule has 0 bridgehead atoms. The molecule has 4 rings (SSSR count). The van der Waals surface area contributed by atoms with Crippen molar-refractivity contribution < 1.29 is 13.9 Å². The first kappa shape index (κ1) is 26.5. The van der Waals surface area contributed by atoms with Crippen LogP contribution in [0.15, 0.2) is 66.9 Å². The molecule has 1 saturated heterocycles. The van der Waals surface area contributed by atoms with Crippen LogP contribution < -0.4 is 4.74 Å². The van der Waals surface area contributed by atoms with Crippen molar-refractivity contribution in [3.8, 4) is 11.4 Å². The van der Waals surface area contributed by atoms with E-state index in [0.717, 1.165) is 54.1 Å². The highest BCUT2D eigenvalue weighted by Gasteiger charge is 2.62. The predicted octanol–water partition coefficient (Wildman–Crippen LogP) is 6.69. The number of likely N-dealkylation sites (tertiary alicyclic amines) is 1. The highest BCUT2D eigenvalue weighted by Crippen LogP contribution is 2.64. The Bertz CT molecular complexity index is 1130. The van der Waals surface area contributed by atoms with Gasteiger partial charge in [0.15, 0.2) is 0 Å². The number of imidazole rings is 1. The summed E-state index contributed by atoms with van der Waals surface area (Å²) in [5.74, 6) is 0.663. The van der Waals surface area contributed by atoms with E-state index in [1.165, 1.54) is 6.08 Å². The van der Waals surface area contributed by atoms with Crippen molar-refractivity contribution >= 4 is 5.91 Å². The lowest BCUT2D eigenvalue weighted by molar-refractivity contribution is -0.141. The van der Waals surface area contributed by atoms with E-state index in [0.29, 0.717) is 0 Å². The van der Waals surface area contributed by atoms with Gasteiger partial charge in [-0.2, -0.15) is 0 Å². The fourth-order valence-corrected chi connectivity index (χ4v) is 5.20. The van der Waals surface area contributed by atoms with E-state index in [1.54, 1.807) is 19.5 Å². The summed E-state index contributed by atoms with van der Waals surface area (Å²) in [6, 6.07) is 6.10. The molecule has 2 fully saturated rings. The Labute approximate surface area is 209 Å². The minimum Gasteiger partial charge on any atom is -0.495 e. The van der Waals surface area contributed by atoms with Gasteiger partial charge in [0.1, 0.15) is 11.6 Å². The zero-order valence-electron chi connectivity index (χ0n) is 21.8. The lowest BCUT2D eigenvalue weighted by Crippen LogP contribution is -2.48. The monoisotopic (exact) mass is 479 g/mol. The number of carbonyl (C=O) groups excluding carboxylic acids is 1. The van der Waals surface area contributed by atoms with Gasteiger partial charge in [-0.3, -0.25) is 4.79 Å². The molecule has 0 radical (unpaired) electrons. The number of benzene rings is 1. The van der Waals surface area contributed by atoms with Crippen LogP contribution in [0.3, 0.4) is 0 Å². The van der Waals surface area contributed by atoms with E-state index in [4.69, 9.17) is 4.74 Å². The van der Waals surface area contributed by atoms with E-state index in [1.807, 2.05) is 62.4 Å². The molecule has 188 valence electrons. The fourth-order valence-electron chi connectivity index (χ4n) is 5.20. The van der Waals surface area contributed by atoms with Crippen LogP contribution in [0.5, 0.6) is 5.75 Å². The molecule has 3 unspecified atom stereocenters. The first-order valence-electron chi connectivity index (χ1n) is 12.5. The zero-order chi connectivity index (χ0) is 25.8. The van der Waals surface area contributed by atoms with Crippen molar-refractivity contribution in [2.24, 2.45) is 5.41 Å². The maximum Gasteiger partial charge on any atom is 0.229 e. The summed E-state index contributed by atoms with van der Waals surface area (Å²) in [4.78, 5) is 19.9. The summed E-state index contributed by atoms with van der Waals surface area (Å²) in [6.07, 6.45) is 11.5. The van der Waals surface area contributed by atoms with Crippen LogP contribution in [0.4, 0.5) is 4.39 Å². The summed E-state index contributed by atoms with van der Waals surface area (Å²) >= 11 is 0. The minimum atomic E-state index is -0.492. The second kappa shape index (κ2) is 11.1. The van der Waals surface area contributed by atoms with Crippen molar-refractivity contribution in [1.29, 1.82) is 0 Å². The lowest BCUT2D eigenvalue weighted by atomic mass is 9.87. The van der Waals surface area contributed by atoms with E-state index in [9.17, 15) is 9.18 Å². The highest BCUT2D eigenvalue weighted by atomic mass is 19.1. The number of carbonyl (C=O) groups is 1. The summed E-state index contributed by atoms with van der Waals surface area (Å²) in [5.41, 5.74) is 3.57. The SMILES string of the molecule is C=C(F)/C=C\C(=C/C)C(C)N1CCCC2(CC2c2ccc(-n3cnc(C)c3)c(OC)c2)C1=O.CC. The fraction of sp³-hybridized carbons (Fsp3) is 0.448. The molecule has 1 saturated carbocycles. The summed E-state index contributed by atoms with van der Waals surface area (Å²) in [6.45, 7) is 13.9. The molecule has 1 aromatic carbocycles. The Morgan fingerprint density at radius 1 is 1.34 bits per heavy atom. The highest BCUT2D eigenvalue weighted by molar-refractivity contribution is 5.89. The number of ether oxygens (including phenoxy) is 1. The molecule has 1 aromatic heterocycles. The standard InChI is InChI=1S/C27H32FN3O2.C2H6/c1-6-21(9-8-18(2)28)20(4)31-13-7-12-27(26(31)32)15-23(27)22-10-11-24(25(14-22)33-5)30-16-19(3)29-17-30;1-2/h6,8-11,14,16-17,20,23H,2,7,12-13,15H2,1,3-5H3;1-2H3/b9-8-,21-6+;. The number of hydrogen-bond acceptors (Lipinski definition) is 3. The van der Waals surface area contributed by atoms with Gasteiger partial charge in [-0.05, 0) is 75.3 Å². The minimum absolute atomic E-state index is 0.113. The number of methoxy groups -OCH3 is 1. The summed E-state index contributed by atoms with van der Waals surface area (Å²) in [7, 11) is 1.67. The Balaban J connectivity index is 0.00000167. The molecule has 1 spiro atoms. The van der Waals surface area contributed by atoms with Crippen LogP contribution in [-0.2, 0) is 4.79 Å². The molecule has 3 atom stereocenters. The molecule has 2 aromatic rings. The molecule has 1 aliphatic carbocycles. The predicted molar refractivity (Wildman–Crippen MR) is 140 cm³/mol. The van der Waals surface area contributed by atoms with Crippen LogP contribution in [0.1, 0.15) is 64.1 Å². The molecule has 0 N–H and O–H groups in total. The summed E-state index contributed by atoms with van der Waals surface area (Å²) in [5, 5.41) is 0. The van der Waals surface area contributed by atoms with Gasteiger partial charge in [0.2, 0.25) is 5.91 Å². The third-order valence-electron chi connectivity index (χ3n) is 7.12. The Morgan fingerprint density at radius 2 is 2.09 bits per heavy atom. The molecule has 1 amide bonds. The summed E-state index contributed by atoms with van der Waals surface area (Å²) < 4.78 is 20.8. The molecule has 2 aliphatic rings. The van der Waals surface area contributed by atoms with Crippen LogP contribution >= 0.6 is 0 Å². The average Bonchev–Trinajstić information content (AvgIpc) is 3.42. The lowest BCUT2D eigenvalue weighted by Gasteiger charge is -2.38. The van der Waals surface area contributed by atoms with Crippen molar-refractivity contribution in [3.05, 3.63) is 78.2 Å². The van der Waals surface area contributed by atoms with E-state index >= 15 is 0 Å². The van der Waals surface area contributed by atoms with E-state index < -0.39 is 5.83 Å². The normalized spacial score (nSPS) is 22.7. The largest absolute Gasteiger partial charge is 0.495 e. The number of hydrogen-bond donors (Lipinski definition) is 0. The molecule has 1 aliphatic heterocycles. The second-order valence-electron chi connectivity index (χ2n) is 9.11. The maximum absolute atomic E-state index is 13.7. The van der Waals surface area contributed by atoms with Crippen LogP contribution in [-0.4, -0.2) is 40.1 Å².